The highest BCUT2D eigenvalue weighted by Crippen LogP contribution is 2.30. The molecule has 0 bridgehead atoms. The average molecular weight is 297 g/mol. The van der Waals surface area contributed by atoms with Crippen LogP contribution in [-0.4, -0.2) is 32.9 Å². The predicted molar refractivity (Wildman–Crippen MR) is 80.8 cm³/mol. The number of nitrogens with one attached hydrogen (secondary N) is 1. The van der Waals surface area contributed by atoms with Gasteiger partial charge in [-0.1, -0.05) is 19.1 Å². The van der Waals surface area contributed by atoms with Crippen molar-refractivity contribution in [3.8, 4) is 0 Å². The first-order valence-electron chi connectivity index (χ1n) is 7.26. The summed E-state index contributed by atoms with van der Waals surface area (Å²) in [5.41, 5.74) is 0.723. The largest absolute Gasteiger partial charge is 0.381 e. The van der Waals surface area contributed by atoms with Crippen molar-refractivity contribution >= 4 is 15.5 Å². The molecular weight excluding hydrogens is 274 g/mol. The molecule has 1 saturated carbocycles. The van der Waals surface area contributed by atoms with E-state index in [1.54, 1.807) is 12.1 Å². The van der Waals surface area contributed by atoms with Crippen molar-refractivity contribution in [3.63, 3.8) is 0 Å². The molecule has 1 aromatic rings. The van der Waals surface area contributed by atoms with Crippen molar-refractivity contribution in [2.24, 2.45) is 0 Å². The lowest BCUT2D eigenvalue weighted by molar-refractivity contribution is 0.00295. The minimum absolute atomic E-state index is 0.192. The first-order valence-corrected chi connectivity index (χ1v) is 8.92. The van der Waals surface area contributed by atoms with Crippen molar-refractivity contribution in [3.05, 3.63) is 24.3 Å². The first-order chi connectivity index (χ1) is 9.56. The van der Waals surface area contributed by atoms with Gasteiger partial charge in [0, 0.05) is 12.6 Å². The van der Waals surface area contributed by atoms with E-state index in [0.717, 1.165) is 25.1 Å². The highest BCUT2D eigenvalue weighted by Gasteiger charge is 2.30. The fourth-order valence-electron chi connectivity index (χ4n) is 2.51. The lowest BCUT2D eigenvalue weighted by Crippen LogP contribution is -2.41. The van der Waals surface area contributed by atoms with Gasteiger partial charge in [-0.05, 0) is 38.3 Å². The van der Waals surface area contributed by atoms with E-state index in [-0.39, 0.29) is 5.75 Å². The van der Waals surface area contributed by atoms with Crippen LogP contribution >= 0.6 is 0 Å². The van der Waals surface area contributed by atoms with E-state index in [2.05, 4.69) is 5.32 Å². The van der Waals surface area contributed by atoms with Gasteiger partial charge in [0.15, 0.2) is 9.84 Å². The summed E-state index contributed by atoms with van der Waals surface area (Å²) in [5.74, 6) is 0.192. The van der Waals surface area contributed by atoms with Crippen LogP contribution in [0.15, 0.2) is 29.2 Å². The maximum atomic E-state index is 12.2. The molecule has 1 aromatic carbocycles. The molecule has 1 N–H and O–H groups in total. The lowest BCUT2D eigenvalue weighted by Gasteiger charge is -2.36. The normalized spacial score (nSPS) is 22.3. The van der Waals surface area contributed by atoms with Gasteiger partial charge in [-0.15, -0.1) is 0 Å². The van der Waals surface area contributed by atoms with Gasteiger partial charge in [0.2, 0.25) is 0 Å². The van der Waals surface area contributed by atoms with Gasteiger partial charge in [-0.25, -0.2) is 8.42 Å². The Morgan fingerprint density at radius 3 is 2.60 bits per heavy atom. The third-order valence-corrected chi connectivity index (χ3v) is 5.52. The van der Waals surface area contributed by atoms with Crippen LogP contribution in [0.4, 0.5) is 5.69 Å². The summed E-state index contributed by atoms with van der Waals surface area (Å²) in [6.07, 6.45) is 2.83. The van der Waals surface area contributed by atoms with Crippen LogP contribution in [0.25, 0.3) is 0 Å². The van der Waals surface area contributed by atoms with Crippen LogP contribution in [0.1, 0.15) is 33.1 Å². The summed E-state index contributed by atoms with van der Waals surface area (Å²) in [6, 6.07) is 7.48. The number of rotatable bonds is 7. The van der Waals surface area contributed by atoms with E-state index in [9.17, 15) is 8.42 Å². The minimum Gasteiger partial charge on any atom is -0.381 e. The van der Waals surface area contributed by atoms with Gasteiger partial charge in [0.1, 0.15) is 0 Å². The molecule has 1 fully saturated rings. The van der Waals surface area contributed by atoms with Gasteiger partial charge in [-0.2, -0.15) is 0 Å². The minimum atomic E-state index is -3.19. The van der Waals surface area contributed by atoms with Crippen molar-refractivity contribution < 1.29 is 13.2 Å². The molecule has 0 aromatic heterocycles. The maximum Gasteiger partial charge on any atom is 0.180 e. The standard InChI is InChI=1S/C15H23NO3S/c1-3-9-20(17,18)15-8-6-5-7-14(15)16-12-10-13(11-12)19-4-2/h5-8,12-13,16H,3-4,9-11H2,1-2H3. The molecule has 20 heavy (non-hydrogen) atoms. The van der Waals surface area contributed by atoms with Crippen LogP contribution in [0.3, 0.4) is 0 Å². The maximum absolute atomic E-state index is 12.2. The van der Waals surface area contributed by atoms with Gasteiger partial charge in [0.25, 0.3) is 0 Å². The van der Waals surface area contributed by atoms with E-state index in [1.165, 1.54) is 0 Å². The highest BCUT2D eigenvalue weighted by atomic mass is 32.2. The van der Waals surface area contributed by atoms with E-state index >= 15 is 0 Å². The third kappa shape index (κ3) is 3.52. The summed E-state index contributed by atoms with van der Waals surface area (Å²) in [5, 5.41) is 3.34. The van der Waals surface area contributed by atoms with Crippen LogP contribution in [0, 0.1) is 0 Å². The Labute approximate surface area is 121 Å². The molecule has 2 rings (SSSR count). The fraction of sp³-hybridized carbons (Fsp3) is 0.600. The number of sulfone groups is 1. The van der Waals surface area contributed by atoms with Crippen LogP contribution in [-0.2, 0) is 14.6 Å². The Kier molecular flexibility index (Phi) is 5.05. The zero-order valence-electron chi connectivity index (χ0n) is 12.1. The molecule has 0 unspecified atom stereocenters. The summed E-state index contributed by atoms with van der Waals surface area (Å²) in [7, 11) is -3.19. The smallest absolute Gasteiger partial charge is 0.180 e. The Morgan fingerprint density at radius 1 is 1.25 bits per heavy atom. The highest BCUT2D eigenvalue weighted by molar-refractivity contribution is 7.91. The zero-order chi connectivity index (χ0) is 14.6. The second-order valence-corrected chi connectivity index (χ2v) is 7.28. The molecule has 0 aliphatic heterocycles. The van der Waals surface area contributed by atoms with E-state index in [4.69, 9.17) is 4.74 Å². The molecule has 1 aliphatic rings. The van der Waals surface area contributed by atoms with Gasteiger partial charge >= 0.3 is 0 Å². The summed E-state index contributed by atoms with van der Waals surface area (Å²) in [4.78, 5) is 0.418. The van der Waals surface area contributed by atoms with Gasteiger partial charge < -0.3 is 10.1 Å². The Hall–Kier alpha value is -1.07. The fourth-order valence-corrected chi connectivity index (χ4v) is 4.02. The molecule has 0 saturated heterocycles. The molecule has 0 spiro atoms. The van der Waals surface area contributed by atoms with Crippen molar-refractivity contribution in [2.45, 2.75) is 50.2 Å². The Bertz CT molecular complexity index is 536. The number of anilines is 1. The van der Waals surface area contributed by atoms with E-state index < -0.39 is 9.84 Å². The molecule has 1 aliphatic carbocycles. The number of hydrogen-bond donors (Lipinski definition) is 1. The number of hydrogen-bond acceptors (Lipinski definition) is 4. The molecular formula is C15H23NO3S. The number of benzene rings is 1. The molecule has 0 atom stereocenters. The molecule has 5 heteroatoms. The van der Waals surface area contributed by atoms with Crippen molar-refractivity contribution in [1.29, 1.82) is 0 Å². The summed E-state index contributed by atoms with van der Waals surface area (Å²) in [6.45, 7) is 4.61. The SMILES string of the molecule is CCCS(=O)(=O)c1ccccc1NC1CC(OCC)C1. The average Bonchev–Trinajstić information content (AvgIpc) is 2.37. The molecule has 4 nitrogen and oxygen atoms in total. The van der Waals surface area contributed by atoms with Crippen molar-refractivity contribution in [2.75, 3.05) is 17.7 Å². The Morgan fingerprint density at radius 2 is 1.95 bits per heavy atom. The zero-order valence-corrected chi connectivity index (χ0v) is 12.9. The predicted octanol–water partition coefficient (Wildman–Crippen LogP) is 2.85. The topological polar surface area (TPSA) is 55.4 Å². The molecule has 0 amide bonds. The molecule has 112 valence electrons. The van der Waals surface area contributed by atoms with Crippen molar-refractivity contribution in [1.82, 2.24) is 0 Å². The van der Waals surface area contributed by atoms with Crippen LogP contribution in [0.2, 0.25) is 0 Å². The summed E-state index contributed by atoms with van der Waals surface area (Å²) >= 11 is 0. The van der Waals surface area contributed by atoms with Crippen LogP contribution < -0.4 is 5.32 Å². The summed E-state index contributed by atoms with van der Waals surface area (Å²) < 4.78 is 30.0. The number of ether oxygens (including phenoxy) is 1. The third-order valence-electron chi connectivity index (χ3n) is 3.55. The van der Waals surface area contributed by atoms with Crippen LogP contribution in [0.5, 0.6) is 0 Å². The van der Waals surface area contributed by atoms with Gasteiger partial charge in [0.05, 0.1) is 22.4 Å². The quantitative estimate of drug-likeness (QED) is 0.841. The first kappa shape index (κ1) is 15.3. The monoisotopic (exact) mass is 297 g/mol. The van der Waals surface area contributed by atoms with E-state index in [0.29, 0.717) is 23.5 Å². The Balaban J connectivity index is 2.06. The lowest BCUT2D eigenvalue weighted by atomic mass is 9.89. The number of para-hydroxylation sites is 1. The second-order valence-electron chi connectivity index (χ2n) is 5.21. The van der Waals surface area contributed by atoms with Gasteiger partial charge in [-0.3, -0.25) is 0 Å². The van der Waals surface area contributed by atoms with E-state index in [1.807, 2.05) is 26.0 Å². The molecule has 0 heterocycles. The molecule has 0 radical (unpaired) electrons. The second kappa shape index (κ2) is 6.59.